The summed E-state index contributed by atoms with van der Waals surface area (Å²) in [4.78, 5) is 26.9. The zero-order chi connectivity index (χ0) is 15.2. The fraction of sp³-hybridized carbons (Fsp3) is 0.571. The van der Waals surface area contributed by atoms with Crippen LogP contribution in [-0.4, -0.2) is 42.2 Å². The Morgan fingerprint density at radius 3 is 2.95 bits per heavy atom. The Morgan fingerprint density at radius 2 is 2.29 bits per heavy atom. The van der Waals surface area contributed by atoms with Crippen LogP contribution in [0.25, 0.3) is 0 Å². The fourth-order valence-electron chi connectivity index (χ4n) is 2.36. The Balaban J connectivity index is 1.84. The van der Waals surface area contributed by atoms with Crippen LogP contribution in [-0.2, 0) is 20.1 Å². The van der Waals surface area contributed by atoms with Gasteiger partial charge in [0.25, 0.3) is 0 Å². The van der Waals surface area contributed by atoms with Crippen LogP contribution in [0.1, 0.15) is 24.1 Å². The first-order valence-electron chi connectivity index (χ1n) is 6.81. The standard InChI is InChI=1S/C14H18ClNO3S2/c1-19-14(18)11-4-2-3-7-16(11)13(17)9-20-8-10-5-6-12(15)21-10/h5-6,11H,2-4,7-9H2,1H3. The van der Waals surface area contributed by atoms with E-state index in [9.17, 15) is 9.59 Å². The number of halogens is 1. The molecule has 0 radical (unpaired) electrons. The molecule has 1 aliphatic rings. The van der Waals surface area contributed by atoms with Gasteiger partial charge in [-0.05, 0) is 31.4 Å². The van der Waals surface area contributed by atoms with Crippen molar-refractivity contribution in [1.29, 1.82) is 0 Å². The van der Waals surface area contributed by atoms with Gasteiger partial charge in [-0.3, -0.25) is 4.79 Å². The normalized spacial score (nSPS) is 18.6. The van der Waals surface area contributed by atoms with E-state index in [0.29, 0.717) is 18.7 Å². The Labute approximate surface area is 137 Å². The second-order valence-electron chi connectivity index (χ2n) is 4.82. The summed E-state index contributed by atoms with van der Waals surface area (Å²) in [5.41, 5.74) is 0. The van der Waals surface area contributed by atoms with Crippen molar-refractivity contribution < 1.29 is 14.3 Å². The van der Waals surface area contributed by atoms with Crippen LogP contribution >= 0.6 is 34.7 Å². The number of carbonyl (C=O) groups excluding carboxylic acids is 2. The summed E-state index contributed by atoms with van der Waals surface area (Å²) in [6.07, 6.45) is 2.61. The lowest BCUT2D eigenvalue weighted by Gasteiger charge is -2.33. The van der Waals surface area contributed by atoms with Crippen molar-refractivity contribution in [3.05, 3.63) is 21.3 Å². The summed E-state index contributed by atoms with van der Waals surface area (Å²) in [6.45, 7) is 0.643. The highest BCUT2D eigenvalue weighted by molar-refractivity contribution is 7.99. The third-order valence-electron chi connectivity index (χ3n) is 3.40. The summed E-state index contributed by atoms with van der Waals surface area (Å²) >= 11 is 8.96. The molecule has 2 heterocycles. The second-order valence-corrected chi connectivity index (χ2v) is 7.61. The zero-order valence-corrected chi connectivity index (χ0v) is 14.2. The minimum Gasteiger partial charge on any atom is -0.467 e. The van der Waals surface area contributed by atoms with Crippen LogP contribution in [0, 0.1) is 0 Å². The van der Waals surface area contributed by atoms with Gasteiger partial charge in [-0.15, -0.1) is 23.1 Å². The van der Waals surface area contributed by atoms with Gasteiger partial charge in [0, 0.05) is 17.2 Å². The maximum absolute atomic E-state index is 12.3. The predicted octanol–water partition coefficient (Wildman–Crippen LogP) is 3.19. The van der Waals surface area contributed by atoms with Crippen LogP contribution in [0.5, 0.6) is 0 Å². The summed E-state index contributed by atoms with van der Waals surface area (Å²) in [5.74, 6) is 0.846. The Kier molecular flexibility index (Phi) is 6.39. The van der Waals surface area contributed by atoms with E-state index < -0.39 is 6.04 Å². The van der Waals surface area contributed by atoms with Crippen LogP contribution < -0.4 is 0 Å². The van der Waals surface area contributed by atoms with E-state index in [-0.39, 0.29) is 11.9 Å². The molecule has 1 aromatic heterocycles. The van der Waals surface area contributed by atoms with Crippen molar-refractivity contribution in [2.75, 3.05) is 19.4 Å². The molecule has 7 heteroatoms. The van der Waals surface area contributed by atoms with Gasteiger partial charge in [0.15, 0.2) is 0 Å². The van der Waals surface area contributed by atoms with E-state index in [4.69, 9.17) is 16.3 Å². The number of thiophene rings is 1. The number of piperidine rings is 1. The predicted molar refractivity (Wildman–Crippen MR) is 86.9 cm³/mol. The third-order valence-corrected chi connectivity index (χ3v) is 5.78. The van der Waals surface area contributed by atoms with E-state index in [2.05, 4.69) is 0 Å². The molecular formula is C14H18ClNO3S2. The number of ether oxygens (including phenoxy) is 1. The van der Waals surface area contributed by atoms with Gasteiger partial charge in [-0.25, -0.2) is 4.79 Å². The van der Waals surface area contributed by atoms with Gasteiger partial charge < -0.3 is 9.64 Å². The van der Waals surface area contributed by atoms with Crippen LogP contribution in [0.2, 0.25) is 4.34 Å². The monoisotopic (exact) mass is 347 g/mol. The number of methoxy groups -OCH3 is 1. The number of likely N-dealkylation sites (tertiary alicyclic amines) is 1. The highest BCUT2D eigenvalue weighted by atomic mass is 35.5. The van der Waals surface area contributed by atoms with Gasteiger partial charge in [0.1, 0.15) is 6.04 Å². The average molecular weight is 348 g/mol. The lowest BCUT2D eigenvalue weighted by Crippen LogP contribution is -2.49. The van der Waals surface area contributed by atoms with Crippen molar-refractivity contribution in [2.24, 2.45) is 0 Å². The van der Waals surface area contributed by atoms with Crippen LogP contribution in [0.15, 0.2) is 12.1 Å². The number of hydrogen-bond donors (Lipinski definition) is 0. The maximum atomic E-state index is 12.3. The van der Waals surface area contributed by atoms with Crippen LogP contribution in [0.3, 0.4) is 0 Å². The minimum absolute atomic E-state index is 0.0118. The number of nitrogens with zero attached hydrogens (tertiary/aromatic N) is 1. The molecule has 0 aromatic carbocycles. The Bertz CT molecular complexity index is 506. The molecule has 1 amide bonds. The van der Waals surface area contributed by atoms with Crippen molar-refractivity contribution in [3.8, 4) is 0 Å². The first-order valence-corrected chi connectivity index (χ1v) is 9.16. The first kappa shape index (κ1) is 16.6. The molecular weight excluding hydrogens is 330 g/mol. The zero-order valence-electron chi connectivity index (χ0n) is 11.8. The molecule has 0 N–H and O–H groups in total. The molecule has 0 saturated carbocycles. The molecule has 0 aliphatic carbocycles. The van der Waals surface area contributed by atoms with Gasteiger partial charge >= 0.3 is 5.97 Å². The molecule has 0 spiro atoms. The highest BCUT2D eigenvalue weighted by Gasteiger charge is 2.32. The first-order chi connectivity index (χ1) is 10.1. The van der Waals surface area contributed by atoms with Gasteiger partial charge in [-0.2, -0.15) is 0 Å². The summed E-state index contributed by atoms with van der Waals surface area (Å²) in [5, 5.41) is 0. The van der Waals surface area contributed by atoms with Gasteiger partial charge in [-0.1, -0.05) is 11.6 Å². The third kappa shape index (κ3) is 4.63. The van der Waals surface area contributed by atoms with E-state index in [1.165, 1.54) is 18.4 Å². The van der Waals surface area contributed by atoms with Crippen molar-refractivity contribution in [2.45, 2.75) is 31.1 Å². The highest BCUT2D eigenvalue weighted by Crippen LogP contribution is 2.26. The number of hydrogen-bond acceptors (Lipinski definition) is 5. The molecule has 1 aliphatic heterocycles. The van der Waals surface area contributed by atoms with E-state index in [1.54, 1.807) is 16.7 Å². The molecule has 2 rings (SSSR count). The molecule has 4 nitrogen and oxygen atoms in total. The summed E-state index contributed by atoms with van der Waals surface area (Å²) in [6, 6.07) is 3.43. The molecule has 1 atom stereocenters. The van der Waals surface area contributed by atoms with Crippen LogP contribution in [0.4, 0.5) is 0 Å². The Hall–Kier alpha value is -0.720. The molecule has 0 bridgehead atoms. The average Bonchev–Trinajstić information content (AvgIpc) is 2.91. The smallest absolute Gasteiger partial charge is 0.328 e. The molecule has 1 fully saturated rings. The van der Waals surface area contributed by atoms with Crippen molar-refractivity contribution >= 4 is 46.6 Å². The lowest BCUT2D eigenvalue weighted by molar-refractivity contribution is -0.153. The number of thioether (sulfide) groups is 1. The number of carbonyl (C=O) groups is 2. The van der Waals surface area contributed by atoms with Gasteiger partial charge in [0.2, 0.25) is 5.91 Å². The summed E-state index contributed by atoms with van der Waals surface area (Å²) in [7, 11) is 1.37. The van der Waals surface area contributed by atoms with Crippen molar-refractivity contribution in [3.63, 3.8) is 0 Å². The van der Waals surface area contributed by atoms with Gasteiger partial charge in [0.05, 0.1) is 17.2 Å². The number of rotatable bonds is 5. The number of esters is 1. The molecule has 1 unspecified atom stereocenters. The van der Waals surface area contributed by atoms with E-state index >= 15 is 0 Å². The molecule has 1 saturated heterocycles. The minimum atomic E-state index is -0.409. The van der Waals surface area contributed by atoms with E-state index in [0.717, 1.165) is 27.8 Å². The number of amides is 1. The molecule has 21 heavy (non-hydrogen) atoms. The van der Waals surface area contributed by atoms with E-state index in [1.807, 2.05) is 12.1 Å². The lowest BCUT2D eigenvalue weighted by atomic mass is 10.0. The van der Waals surface area contributed by atoms with Crippen molar-refractivity contribution in [1.82, 2.24) is 4.90 Å². The molecule has 1 aromatic rings. The fourth-order valence-corrected chi connectivity index (χ4v) is 4.47. The SMILES string of the molecule is COC(=O)C1CCCCN1C(=O)CSCc1ccc(Cl)s1. The Morgan fingerprint density at radius 1 is 1.48 bits per heavy atom. The largest absolute Gasteiger partial charge is 0.467 e. The quantitative estimate of drug-likeness (QED) is 0.767. The summed E-state index contributed by atoms with van der Waals surface area (Å²) < 4.78 is 5.56. The molecule has 116 valence electrons. The maximum Gasteiger partial charge on any atom is 0.328 e. The topological polar surface area (TPSA) is 46.6 Å². The second kappa shape index (κ2) is 8.06.